The first-order chi connectivity index (χ1) is 6.38. The van der Waals surface area contributed by atoms with Gasteiger partial charge in [-0.15, -0.1) is 0 Å². The summed E-state index contributed by atoms with van der Waals surface area (Å²) in [4.78, 5) is 0. The van der Waals surface area contributed by atoms with Gasteiger partial charge >= 0.3 is 0 Å². The van der Waals surface area contributed by atoms with E-state index in [9.17, 15) is 0 Å². The summed E-state index contributed by atoms with van der Waals surface area (Å²) in [6, 6.07) is 0. The summed E-state index contributed by atoms with van der Waals surface area (Å²) in [6.45, 7) is 2.36. The SMILES string of the molecule is Cc1p[pH]pc1C1CCCCCC1. The van der Waals surface area contributed by atoms with E-state index in [1.165, 1.54) is 38.5 Å². The zero-order valence-corrected chi connectivity index (χ0v) is 11.0. The number of aryl methyl sites for hydroxylation is 1. The molecule has 1 aliphatic rings. The minimum atomic E-state index is 0.978. The normalized spacial score (nSPS) is 21.9. The molecule has 1 unspecified atom stereocenters. The van der Waals surface area contributed by atoms with Gasteiger partial charge in [-0.05, 0) is 52.0 Å². The summed E-state index contributed by atoms with van der Waals surface area (Å²) >= 11 is 0. The molecule has 0 spiro atoms. The Balaban J connectivity index is 2.10. The van der Waals surface area contributed by atoms with E-state index in [1.807, 2.05) is 5.30 Å². The third-order valence-electron chi connectivity index (χ3n) is 3.00. The van der Waals surface area contributed by atoms with Crippen LogP contribution < -0.4 is 0 Å². The smallest absolute Gasteiger partial charge is 0.00573 e. The molecule has 13 heavy (non-hydrogen) atoms. The van der Waals surface area contributed by atoms with Crippen LogP contribution in [0.2, 0.25) is 0 Å². The third-order valence-corrected chi connectivity index (χ3v) is 9.02. The summed E-state index contributed by atoms with van der Waals surface area (Å²) in [5.41, 5.74) is 0. The van der Waals surface area contributed by atoms with E-state index in [4.69, 9.17) is 0 Å². The lowest BCUT2D eigenvalue weighted by Crippen LogP contribution is -1.94. The van der Waals surface area contributed by atoms with Crippen LogP contribution in [0.1, 0.15) is 55.0 Å². The molecule has 1 aromatic rings. The first-order valence-corrected chi connectivity index (χ1v) is 9.72. The molecule has 1 aromatic heterocycles. The molecule has 0 amide bonds. The fourth-order valence-electron chi connectivity index (χ4n) is 2.23. The van der Waals surface area contributed by atoms with Crippen molar-refractivity contribution in [2.24, 2.45) is 0 Å². The second-order valence-corrected chi connectivity index (χ2v) is 9.52. The summed E-state index contributed by atoms with van der Waals surface area (Å²) in [5.74, 6) is 0.978. The van der Waals surface area contributed by atoms with Crippen molar-refractivity contribution in [3.63, 3.8) is 0 Å². The molecule has 3 heteroatoms. The highest BCUT2D eigenvalue weighted by Crippen LogP contribution is 2.48. The van der Waals surface area contributed by atoms with Crippen LogP contribution in [0.4, 0.5) is 0 Å². The monoisotopic (exact) mass is 230 g/mol. The molecule has 1 aliphatic carbocycles. The minimum absolute atomic E-state index is 0.978. The Bertz CT molecular complexity index is 259. The number of rotatable bonds is 1. The average Bonchev–Trinajstić information content (AvgIpc) is 2.43. The van der Waals surface area contributed by atoms with Gasteiger partial charge in [0.2, 0.25) is 0 Å². The molecule has 0 nitrogen and oxygen atoms in total. The maximum atomic E-state index is 2.36. The molecular weight excluding hydrogens is 213 g/mol. The zero-order chi connectivity index (χ0) is 9.10. The van der Waals surface area contributed by atoms with Crippen LogP contribution in [0.3, 0.4) is 0 Å². The van der Waals surface area contributed by atoms with Crippen molar-refractivity contribution in [1.29, 1.82) is 0 Å². The van der Waals surface area contributed by atoms with Crippen LogP contribution in [-0.4, -0.2) is 0 Å². The molecule has 1 heterocycles. The average molecular weight is 230 g/mol. The first kappa shape index (κ1) is 10.2. The van der Waals surface area contributed by atoms with Crippen molar-refractivity contribution >= 4 is 23.3 Å². The highest BCUT2D eigenvalue weighted by molar-refractivity contribution is 8.17. The van der Waals surface area contributed by atoms with E-state index in [0.29, 0.717) is 0 Å². The number of hydrogen-bond donors (Lipinski definition) is 0. The highest BCUT2D eigenvalue weighted by atomic mass is 32.1. The van der Waals surface area contributed by atoms with E-state index in [0.717, 1.165) is 13.5 Å². The molecule has 1 saturated carbocycles. The van der Waals surface area contributed by atoms with Gasteiger partial charge in [-0.1, -0.05) is 33.2 Å². The second kappa shape index (κ2) is 4.93. The Morgan fingerprint density at radius 1 is 1.08 bits per heavy atom. The molecule has 0 saturated heterocycles. The van der Waals surface area contributed by atoms with Crippen molar-refractivity contribution in [3.05, 3.63) is 10.6 Å². The van der Waals surface area contributed by atoms with E-state index >= 15 is 0 Å². The number of hydrogen-bond acceptors (Lipinski definition) is 0. The molecule has 0 bridgehead atoms. The lowest BCUT2D eigenvalue weighted by atomic mass is 9.98. The molecule has 0 aromatic carbocycles. The lowest BCUT2D eigenvalue weighted by molar-refractivity contribution is 0.600. The van der Waals surface area contributed by atoms with Crippen molar-refractivity contribution < 1.29 is 0 Å². The van der Waals surface area contributed by atoms with Gasteiger partial charge in [-0.3, -0.25) is 0 Å². The predicted octanol–water partition coefficient (Wildman–Crippen LogP) is 5.62. The van der Waals surface area contributed by atoms with Gasteiger partial charge < -0.3 is 0 Å². The quantitative estimate of drug-likeness (QED) is 0.549. The van der Waals surface area contributed by atoms with Crippen molar-refractivity contribution in [2.45, 2.75) is 51.4 Å². The van der Waals surface area contributed by atoms with Gasteiger partial charge in [0.05, 0.1) is 0 Å². The fraction of sp³-hybridized carbons (Fsp3) is 0.800. The lowest BCUT2D eigenvalue weighted by Gasteiger charge is -2.12. The maximum absolute atomic E-state index is 2.36. The van der Waals surface area contributed by atoms with Crippen LogP contribution in [0.5, 0.6) is 0 Å². The molecule has 0 aliphatic heterocycles. The van der Waals surface area contributed by atoms with E-state index < -0.39 is 0 Å². The standard InChI is InChI=1S/C10H17P3/c1-8-10(12-13-11-8)9-6-4-2-3-5-7-9/h9,13H,2-7H2,1H3. The van der Waals surface area contributed by atoms with Crippen LogP contribution in [0.25, 0.3) is 0 Å². The first-order valence-electron chi connectivity index (χ1n) is 5.25. The van der Waals surface area contributed by atoms with Gasteiger partial charge in [0.25, 0.3) is 0 Å². The fourth-order valence-corrected chi connectivity index (χ4v) is 9.41. The Morgan fingerprint density at radius 3 is 2.31 bits per heavy atom. The third kappa shape index (κ3) is 2.56. The van der Waals surface area contributed by atoms with Gasteiger partial charge in [-0.25, -0.2) is 0 Å². The second-order valence-electron chi connectivity index (χ2n) is 3.98. The van der Waals surface area contributed by atoms with Crippen molar-refractivity contribution in [2.75, 3.05) is 0 Å². The van der Waals surface area contributed by atoms with Crippen LogP contribution in [0, 0.1) is 6.92 Å². The van der Waals surface area contributed by atoms with Crippen LogP contribution in [0.15, 0.2) is 0 Å². The minimum Gasteiger partial charge on any atom is -0.0813 e. The summed E-state index contributed by atoms with van der Waals surface area (Å²) in [7, 11) is 4.48. The topological polar surface area (TPSA) is 0 Å². The van der Waals surface area contributed by atoms with E-state index in [1.54, 1.807) is 21.0 Å². The highest BCUT2D eigenvalue weighted by Gasteiger charge is 2.16. The largest absolute Gasteiger partial charge is 0.0813 e. The Morgan fingerprint density at radius 2 is 1.77 bits per heavy atom. The Kier molecular flexibility index (Phi) is 3.86. The van der Waals surface area contributed by atoms with Crippen molar-refractivity contribution in [1.82, 2.24) is 0 Å². The molecule has 1 fully saturated rings. The maximum Gasteiger partial charge on any atom is -0.00573 e. The molecule has 0 radical (unpaired) electrons. The predicted molar refractivity (Wildman–Crippen MR) is 66.1 cm³/mol. The van der Waals surface area contributed by atoms with E-state index in [2.05, 4.69) is 6.92 Å². The van der Waals surface area contributed by atoms with Crippen LogP contribution >= 0.6 is 23.3 Å². The molecular formula is C10H17P3. The van der Waals surface area contributed by atoms with Gasteiger partial charge in [0, 0.05) is 0 Å². The summed E-state index contributed by atoms with van der Waals surface area (Å²) in [6.07, 6.45) is 8.91. The Labute approximate surface area is 85.6 Å². The van der Waals surface area contributed by atoms with Crippen LogP contribution in [-0.2, 0) is 0 Å². The molecule has 2 rings (SSSR count). The Hall–Kier alpha value is 0.640. The van der Waals surface area contributed by atoms with Gasteiger partial charge in [0.15, 0.2) is 0 Å². The van der Waals surface area contributed by atoms with Crippen molar-refractivity contribution in [3.8, 4) is 0 Å². The summed E-state index contributed by atoms with van der Waals surface area (Å²) in [5, 5.41) is 3.55. The zero-order valence-electron chi connectivity index (χ0n) is 8.21. The molecule has 0 N–H and O–H groups in total. The van der Waals surface area contributed by atoms with Gasteiger partial charge in [0.1, 0.15) is 0 Å². The summed E-state index contributed by atoms with van der Waals surface area (Å²) < 4.78 is 0. The van der Waals surface area contributed by atoms with Gasteiger partial charge in [-0.2, -0.15) is 0 Å². The molecule has 1 atom stereocenters. The van der Waals surface area contributed by atoms with E-state index in [-0.39, 0.29) is 0 Å². The molecule has 72 valence electrons.